The molecule has 26 heavy (non-hydrogen) atoms. The molecule has 3 aromatic rings. The van der Waals surface area contributed by atoms with Gasteiger partial charge in [-0.05, 0) is 36.8 Å². The Bertz CT molecular complexity index is 846. The van der Waals surface area contributed by atoms with Crippen molar-refractivity contribution < 1.29 is 22.4 Å². The van der Waals surface area contributed by atoms with Gasteiger partial charge in [0.2, 0.25) is 11.7 Å². The largest absolute Gasteiger partial charge is 0.573 e. The van der Waals surface area contributed by atoms with Crippen molar-refractivity contribution in [2.24, 2.45) is 0 Å². The summed E-state index contributed by atoms with van der Waals surface area (Å²) >= 11 is 1.64. The highest BCUT2D eigenvalue weighted by Gasteiger charge is 2.31. The van der Waals surface area contributed by atoms with Crippen LogP contribution in [0.25, 0.3) is 11.4 Å². The molecule has 0 aliphatic rings. The van der Waals surface area contributed by atoms with Crippen molar-refractivity contribution >= 4 is 11.8 Å². The van der Waals surface area contributed by atoms with E-state index in [0.29, 0.717) is 23.0 Å². The lowest BCUT2D eigenvalue weighted by molar-refractivity contribution is -0.274. The van der Waals surface area contributed by atoms with Crippen LogP contribution in [0.2, 0.25) is 0 Å². The summed E-state index contributed by atoms with van der Waals surface area (Å²) in [6.45, 7) is 2.04. The van der Waals surface area contributed by atoms with Crippen LogP contribution in [0.3, 0.4) is 0 Å². The quantitative estimate of drug-likeness (QED) is 0.575. The van der Waals surface area contributed by atoms with Gasteiger partial charge in [0.15, 0.2) is 0 Å². The van der Waals surface area contributed by atoms with Crippen molar-refractivity contribution in [2.75, 3.05) is 0 Å². The second-order valence-electron chi connectivity index (χ2n) is 5.56. The number of aryl methyl sites for hydroxylation is 1. The molecule has 0 unspecified atom stereocenters. The molecule has 0 aliphatic carbocycles. The maximum Gasteiger partial charge on any atom is 0.573 e. The van der Waals surface area contributed by atoms with Crippen LogP contribution in [0.4, 0.5) is 13.2 Å². The summed E-state index contributed by atoms with van der Waals surface area (Å²) in [6.07, 6.45) is -4.71. The molecule has 8 heteroatoms. The van der Waals surface area contributed by atoms with Gasteiger partial charge in [0.25, 0.3) is 0 Å². The minimum absolute atomic E-state index is 0.293. The molecule has 0 N–H and O–H groups in total. The van der Waals surface area contributed by atoms with E-state index in [1.165, 1.54) is 35.4 Å². The van der Waals surface area contributed by atoms with Gasteiger partial charge in [-0.3, -0.25) is 0 Å². The van der Waals surface area contributed by atoms with Crippen LogP contribution < -0.4 is 4.74 Å². The number of hydrogen-bond donors (Lipinski definition) is 0. The van der Waals surface area contributed by atoms with Crippen LogP contribution in [0.15, 0.2) is 53.1 Å². The Morgan fingerprint density at radius 2 is 1.69 bits per heavy atom. The fourth-order valence-corrected chi connectivity index (χ4v) is 3.00. The van der Waals surface area contributed by atoms with Gasteiger partial charge >= 0.3 is 6.36 Å². The molecule has 1 heterocycles. The number of thioether (sulfide) groups is 1. The molecule has 4 nitrogen and oxygen atoms in total. The summed E-state index contributed by atoms with van der Waals surface area (Å²) in [5.41, 5.74) is 2.98. The number of hydrogen-bond acceptors (Lipinski definition) is 5. The Labute approximate surface area is 152 Å². The lowest BCUT2D eigenvalue weighted by atomic mass is 10.2. The minimum Gasteiger partial charge on any atom is -0.406 e. The molecule has 0 saturated heterocycles. The molecule has 0 fully saturated rings. The lowest BCUT2D eigenvalue weighted by Crippen LogP contribution is -2.16. The molecular formula is C18H15F3N2O2S. The van der Waals surface area contributed by atoms with Crippen molar-refractivity contribution in [3.05, 3.63) is 65.5 Å². The van der Waals surface area contributed by atoms with Crippen molar-refractivity contribution in [1.29, 1.82) is 0 Å². The molecule has 0 saturated carbocycles. The highest BCUT2D eigenvalue weighted by atomic mass is 32.2. The molecule has 0 radical (unpaired) electrons. The average Bonchev–Trinajstić information content (AvgIpc) is 3.05. The summed E-state index contributed by atoms with van der Waals surface area (Å²) in [7, 11) is 0. The van der Waals surface area contributed by atoms with E-state index in [1.807, 2.05) is 6.92 Å². The predicted octanol–water partition coefficient (Wildman–Crippen LogP) is 5.38. The van der Waals surface area contributed by atoms with Crippen molar-refractivity contribution in [1.82, 2.24) is 10.1 Å². The molecule has 0 amide bonds. The number of benzene rings is 2. The average molecular weight is 380 g/mol. The smallest absolute Gasteiger partial charge is 0.406 e. The number of alkyl halides is 3. The van der Waals surface area contributed by atoms with Gasteiger partial charge in [-0.1, -0.05) is 35.0 Å². The second-order valence-corrected chi connectivity index (χ2v) is 6.55. The van der Waals surface area contributed by atoms with E-state index in [0.717, 1.165) is 5.75 Å². The Balaban J connectivity index is 1.56. The zero-order chi connectivity index (χ0) is 18.6. The third kappa shape index (κ3) is 5.26. The molecule has 0 aliphatic heterocycles. The van der Waals surface area contributed by atoms with Gasteiger partial charge in [-0.25, -0.2) is 0 Å². The number of ether oxygens (including phenoxy) is 1. The zero-order valence-corrected chi connectivity index (χ0v) is 14.6. The summed E-state index contributed by atoms with van der Waals surface area (Å²) in [6, 6.07) is 13.6. The molecule has 2 aromatic carbocycles. The van der Waals surface area contributed by atoms with Crippen molar-refractivity contribution in [3.63, 3.8) is 0 Å². The molecule has 1 aromatic heterocycles. The van der Waals surface area contributed by atoms with Crippen LogP contribution in [0.5, 0.6) is 5.75 Å². The van der Waals surface area contributed by atoms with Crippen LogP contribution in [0, 0.1) is 6.92 Å². The maximum absolute atomic E-state index is 12.2. The standard InChI is InChI=1S/C18H15F3N2O2S/c1-12-2-4-13(5-3-12)10-26-11-16-22-17(23-25-16)14-6-8-15(9-7-14)24-18(19,20)21/h2-9H,10-11H2,1H3. The third-order valence-electron chi connectivity index (χ3n) is 3.43. The first-order valence-electron chi connectivity index (χ1n) is 7.71. The first kappa shape index (κ1) is 18.3. The molecule has 0 spiro atoms. The normalized spacial score (nSPS) is 11.5. The van der Waals surface area contributed by atoms with E-state index in [4.69, 9.17) is 4.52 Å². The molecule has 136 valence electrons. The topological polar surface area (TPSA) is 48.2 Å². The van der Waals surface area contributed by atoms with Crippen LogP contribution >= 0.6 is 11.8 Å². The van der Waals surface area contributed by atoms with Gasteiger partial charge in [0, 0.05) is 11.3 Å². The highest BCUT2D eigenvalue weighted by molar-refractivity contribution is 7.97. The van der Waals surface area contributed by atoms with Gasteiger partial charge < -0.3 is 9.26 Å². The van der Waals surface area contributed by atoms with Crippen LogP contribution in [0.1, 0.15) is 17.0 Å². The Morgan fingerprint density at radius 3 is 2.35 bits per heavy atom. The molecule has 3 rings (SSSR count). The Kier molecular flexibility index (Phi) is 5.51. The van der Waals surface area contributed by atoms with E-state index in [1.54, 1.807) is 11.8 Å². The van der Waals surface area contributed by atoms with Gasteiger partial charge in [0.1, 0.15) is 5.75 Å². The number of halogens is 3. The number of rotatable bonds is 6. The Morgan fingerprint density at radius 1 is 1.00 bits per heavy atom. The van der Waals surface area contributed by atoms with E-state index in [-0.39, 0.29) is 5.75 Å². The molecule has 0 atom stereocenters. The monoisotopic (exact) mass is 380 g/mol. The van der Waals surface area contributed by atoms with Crippen molar-refractivity contribution in [3.8, 4) is 17.1 Å². The second kappa shape index (κ2) is 7.82. The third-order valence-corrected chi connectivity index (χ3v) is 4.42. The van der Waals surface area contributed by atoms with Gasteiger partial charge in [0.05, 0.1) is 5.75 Å². The zero-order valence-electron chi connectivity index (χ0n) is 13.8. The van der Waals surface area contributed by atoms with Gasteiger partial charge in [-0.15, -0.1) is 24.9 Å². The summed E-state index contributed by atoms with van der Waals surface area (Å²) in [4.78, 5) is 4.27. The summed E-state index contributed by atoms with van der Waals surface area (Å²) in [5, 5.41) is 3.87. The van der Waals surface area contributed by atoms with Gasteiger partial charge in [-0.2, -0.15) is 4.98 Å². The fraction of sp³-hybridized carbons (Fsp3) is 0.222. The molecular weight excluding hydrogens is 365 g/mol. The summed E-state index contributed by atoms with van der Waals surface area (Å²) in [5.74, 6) is 1.87. The number of aromatic nitrogens is 2. The highest BCUT2D eigenvalue weighted by Crippen LogP contribution is 2.26. The SMILES string of the molecule is Cc1ccc(CSCc2nc(-c3ccc(OC(F)(F)F)cc3)no2)cc1. The Hall–Kier alpha value is -2.48. The van der Waals surface area contributed by atoms with E-state index < -0.39 is 6.36 Å². The minimum atomic E-state index is -4.71. The number of nitrogens with zero attached hydrogens (tertiary/aromatic N) is 2. The van der Waals surface area contributed by atoms with E-state index in [9.17, 15) is 13.2 Å². The van der Waals surface area contributed by atoms with Crippen LogP contribution in [-0.4, -0.2) is 16.5 Å². The first-order chi connectivity index (χ1) is 12.4. The first-order valence-corrected chi connectivity index (χ1v) is 8.86. The predicted molar refractivity (Wildman–Crippen MR) is 92.6 cm³/mol. The van der Waals surface area contributed by atoms with E-state index in [2.05, 4.69) is 39.1 Å². The fourth-order valence-electron chi connectivity index (χ4n) is 2.18. The van der Waals surface area contributed by atoms with Crippen LogP contribution in [-0.2, 0) is 11.5 Å². The van der Waals surface area contributed by atoms with Crippen molar-refractivity contribution in [2.45, 2.75) is 24.8 Å². The maximum atomic E-state index is 12.2. The summed E-state index contributed by atoms with van der Waals surface area (Å²) < 4.78 is 45.5. The van der Waals surface area contributed by atoms with E-state index >= 15 is 0 Å². The lowest BCUT2D eigenvalue weighted by Gasteiger charge is -2.08. The molecule has 0 bridgehead atoms.